The molecule has 102 valence electrons. The number of halogens is 4. The first kappa shape index (κ1) is 15.2. The molecule has 0 aliphatic heterocycles. The molecule has 0 aliphatic rings. The van der Waals surface area contributed by atoms with Crippen LogP contribution in [0, 0.1) is 0 Å². The summed E-state index contributed by atoms with van der Waals surface area (Å²) in [6.45, 7) is 0.150. The summed E-state index contributed by atoms with van der Waals surface area (Å²) in [4.78, 5) is 9.03. The third kappa shape index (κ3) is 4.77. The maximum absolute atomic E-state index is 12.4. The van der Waals surface area contributed by atoms with Gasteiger partial charge in [-0.25, -0.2) is 9.97 Å². The third-order valence-electron chi connectivity index (χ3n) is 2.11. The highest BCUT2D eigenvalue weighted by Crippen LogP contribution is 2.22. The second-order valence-electron chi connectivity index (χ2n) is 3.58. The van der Waals surface area contributed by atoms with Gasteiger partial charge in [0.15, 0.2) is 0 Å². The molecule has 1 aromatic rings. The maximum atomic E-state index is 12.4. The van der Waals surface area contributed by atoms with E-state index < -0.39 is 12.7 Å². The zero-order valence-electron chi connectivity index (χ0n) is 9.71. The summed E-state index contributed by atoms with van der Waals surface area (Å²) in [7, 11) is 0. The molecule has 0 radical (unpaired) electrons. The van der Waals surface area contributed by atoms with Crippen molar-refractivity contribution >= 4 is 21.7 Å². The second-order valence-corrected chi connectivity index (χ2v) is 4.39. The fourth-order valence-corrected chi connectivity index (χ4v) is 1.79. The highest BCUT2D eigenvalue weighted by atomic mass is 79.9. The van der Waals surface area contributed by atoms with Gasteiger partial charge in [0.05, 0.1) is 6.61 Å². The Morgan fingerprint density at radius 2 is 2.06 bits per heavy atom. The predicted octanol–water partition coefficient (Wildman–Crippen LogP) is 2.16. The standard InChI is InChI=1S/C10H13BrF3N3O/c1-2-8-15-7(11)5-9(16-8)17(3-4-18)6-10(12,13)14/h5,18H,2-4,6H2,1H3. The van der Waals surface area contributed by atoms with E-state index >= 15 is 0 Å². The lowest BCUT2D eigenvalue weighted by Gasteiger charge is -2.24. The van der Waals surface area contributed by atoms with Crippen molar-refractivity contribution in [2.75, 3.05) is 24.6 Å². The van der Waals surface area contributed by atoms with Crippen LogP contribution in [0.4, 0.5) is 19.0 Å². The monoisotopic (exact) mass is 327 g/mol. The molecule has 0 saturated heterocycles. The largest absolute Gasteiger partial charge is 0.405 e. The molecule has 1 N–H and O–H groups in total. The number of aliphatic hydroxyl groups excluding tert-OH is 1. The molecule has 0 aromatic carbocycles. The zero-order chi connectivity index (χ0) is 13.8. The molecule has 0 fully saturated rings. The molecular formula is C10H13BrF3N3O. The van der Waals surface area contributed by atoms with Gasteiger partial charge in [0.1, 0.15) is 22.8 Å². The summed E-state index contributed by atoms with van der Waals surface area (Å²) in [6.07, 6.45) is -3.83. The van der Waals surface area contributed by atoms with Crippen molar-refractivity contribution in [2.24, 2.45) is 0 Å². The SMILES string of the molecule is CCc1nc(Br)cc(N(CCO)CC(F)(F)F)n1. The molecule has 0 aliphatic carbocycles. The number of alkyl halides is 3. The molecule has 0 spiro atoms. The molecule has 1 rings (SSSR count). The number of hydrogen-bond acceptors (Lipinski definition) is 4. The van der Waals surface area contributed by atoms with E-state index in [2.05, 4.69) is 25.9 Å². The first-order chi connectivity index (χ1) is 8.35. The molecule has 0 atom stereocenters. The van der Waals surface area contributed by atoms with Crippen LogP contribution >= 0.6 is 15.9 Å². The van der Waals surface area contributed by atoms with Crippen LogP contribution in [0.1, 0.15) is 12.7 Å². The van der Waals surface area contributed by atoms with Crippen molar-refractivity contribution in [3.8, 4) is 0 Å². The summed E-state index contributed by atoms with van der Waals surface area (Å²) < 4.78 is 37.7. The van der Waals surface area contributed by atoms with E-state index in [1.165, 1.54) is 6.07 Å². The van der Waals surface area contributed by atoms with Crippen molar-refractivity contribution in [1.82, 2.24) is 9.97 Å². The van der Waals surface area contributed by atoms with Crippen LogP contribution in [-0.4, -0.2) is 40.9 Å². The van der Waals surface area contributed by atoms with E-state index in [9.17, 15) is 13.2 Å². The Morgan fingerprint density at radius 3 is 2.56 bits per heavy atom. The van der Waals surface area contributed by atoms with Crippen LogP contribution in [0.2, 0.25) is 0 Å². The van der Waals surface area contributed by atoms with E-state index in [0.717, 1.165) is 4.90 Å². The molecule has 8 heteroatoms. The van der Waals surface area contributed by atoms with E-state index in [1.807, 2.05) is 6.92 Å². The van der Waals surface area contributed by atoms with Crippen LogP contribution in [0.15, 0.2) is 10.7 Å². The highest BCUT2D eigenvalue weighted by Gasteiger charge is 2.31. The van der Waals surface area contributed by atoms with Crippen molar-refractivity contribution in [3.05, 3.63) is 16.5 Å². The van der Waals surface area contributed by atoms with Gasteiger partial charge in [-0.05, 0) is 15.9 Å². The molecule has 1 heterocycles. The van der Waals surface area contributed by atoms with Crippen LogP contribution in [0.5, 0.6) is 0 Å². The van der Waals surface area contributed by atoms with Crippen molar-refractivity contribution in [1.29, 1.82) is 0 Å². The Hall–Kier alpha value is -0.890. The van der Waals surface area contributed by atoms with Gasteiger partial charge in [-0.2, -0.15) is 13.2 Å². The molecule has 0 saturated carbocycles. The quantitative estimate of drug-likeness (QED) is 0.842. The van der Waals surface area contributed by atoms with Gasteiger partial charge < -0.3 is 10.0 Å². The maximum Gasteiger partial charge on any atom is 0.405 e. The molecule has 18 heavy (non-hydrogen) atoms. The summed E-state index contributed by atoms with van der Waals surface area (Å²) in [6, 6.07) is 1.40. The predicted molar refractivity (Wildman–Crippen MR) is 64.5 cm³/mol. The Bertz CT molecular complexity index is 400. The van der Waals surface area contributed by atoms with E-state index in [0.29, 0.717) is 16.8 Å². The number of nitrogens with zero attached hydrogens (tertiary/aromatic N) is 3. The summed E-state index contributed by atoms with van der Waals surface area (Å²) in [5.74, 6) is 0.601. The van der Waals surface area contributed by atoms with Crippen molar-refractivity contribution in [2.45, 2.75) is 19.5 Å². The molecule has 1 aromatic heterocycles. The van der Waals surface area contributed by atoms with Gasteiger partial charge >= 0.3 is 6.18 Å². The number of aliphatic hydroxyl groups is 1. The molecule has 0 unspecified atom stereocenters. The van der Waals surface area contributed by atoms with Gasteiger partial charge in [-0.15, -0.1) is 0 Å². The third-order valence-corrected chi connectivity index (χ3v) is 2.51. The van der Waals surface area contributed by atoms with Crippen molar-refractivity contribution in [3.63, 3.8) is 0 Å². The first-order valence-corrected chi connectivity index (χ1v) is 6.11. The average molecular weight is 328 g/mol. The fourth-order valence-electron chi connectivity index (χ4n) is 1.38. The lowest BCUT2D eigenvalue weighted by Crippen LogP contribution is -2.37. The van der Waals surface area contributed by atoms with Gasteiger partial charge in [-0.3, -0.25) is 0 Å². The number of hydrogen-bond donors (Lipinski definition) is 1. The molecule has 0 bridgehead atoms. The zero-order valence-corrected chi connectivity index (χ0v) is 11.3. The molecule has 0 amide bonds. The average Bonchev–Trinajstić information content (AvgIpc) is 2.26. The minimum absolute atomic E-state index is 0.133. The fraction of sp³-hybridized carbons (Fsp3) is 0.600. The Kier molecular flexibility index (Phi) is 5.33. The van der Waals surface area contributed by atoms with Crippen molar-refractivity contribution < 1.29 is 18.3 Å². The molecular weight excluding hydrogens is 315 g/mol. The number of aryl methyl sites for hydroxylation is 1. The van der Waals surface area contributed by atoms with Crippen LogP contribution < -0.4 is 4.90 Å². The second kappa shape index (κ2) is 6.33. The number of rotatable bonds is 5. The van der Waals surface area contributed by atoms with Gasteiger partial charge in [0, 0.05) is 19.0 Å². The molecule has 4 nitrogen and oxygen atoms in total. The summed E-state index contributed by atoms with van der Waals surface area (Å²) in [5, 5.41) is 8.83. The van der Waals surface area contributed by atoms with Gasteiger partial charge in [0.25, 0.3) is 0 Å². The number of anilines is 1. The van der Waals surface area contributed by atoms with Crippen LogP contribution in [0.25, 0.3) is 0 Å². The minimum Gasteiger partial charge on any atom is -0.395 e. The first-order valence-electron chi connectivity index (χ1n) is 5.31. The lowest BCUT2D eigenvalue weighted by molar-refractivity contribution is -0.120. The summed E-state index contributed by atoms with van der Waals surface area (Å²) >= 11 is 3.13. The van der Waals surface area contributed by atoms with Gasteiger partial charge in [-0.1, -0.05) is 6.92 Å². The normalized spacial score (nSPS) is 11.7. The lowest BCUT2D eigenvalue weighted by atomic mass is 10.4. The van der Waals surface area contributed by atoms with Crippen LogP contribution in [-0.2, 0) is 6.42 Å². The van der Waals surface area contributed by atoms with E-state index in [1.54, 1.807) is 0 Å². The Morgan fingerprint density at radius 1 is 1.39 bits per heavy atom. The van der Waals surface area contributed by atoms with Gasteiger partial charge in [0.2, 0.25) is 0 Å². The minimum atomic E-state index is -4.35. The van der Waals surface area contributed by atoms with E-state index in [4.69, 9.17) is 5.11 Å². The Labute approximate surface area is 111 Å². The Balaban J connectivity index is 3.01. The number of aromatic nitrogens is 2. The smallest absolute Gasteiger partial charge is 0.395 e. The topological polar surface area (TPSA) is 49.2 Å². The van der Waals surface area contributed by atoms with E-state index in [-0.39, 0.29) is 19.0 Å². The van der Waals surface area contributed by atoms with Crippen LogP contribution in [0.3, 0.4) is 0 Å². The summed E-state index contributed by atoms with van der Waals surface area (Å²) in [5.41, 5.74) is 0. The highest BCUT2D eigenvalue weighted by molar-refractivity contribution is 9.10.